The van der Waals surface area contributed by atoms with E-state index < -0.39 is 0 Å². The van der Waals surface area contributed by atoms with E-state index in [9.17, 15) is 4.79 Å². The first-order valence-electron chi connectivity index (χ1n) is 6.71. The van der Waals surface area contributed by atoms with E-state index in [0.717, 1.165) is 31.4 Å². The third kappa shape index (κ3) is 2.65. The number of ether oxygens (including phenoxy) is 1. The maximum Gasteiger partial charge on any atom is 0.255 e. The Morgan fingerprint density at radius 3 is 2.89 bits per heavy atom. The van der Waals surface area contributed by atoms with E-state index in [0.29, 0.717) is 13.2 Å². The molecule has 1 aliphatic carbocycles. The van der Waals surface area contributed by atoms with Crippen LogP contribution in [-0.2, 0) is 30.7 Å². The maximum atomic E-state index is 12.3. The van der Waals surface area contributed by atoms with Crippen LogP contribution in [0.3, 0.4) is 0 Å². The highest BCUT2D eigenvalue weighted by Gasteiger charge is 2.16. The van der Waals surface area contributed by atoms with Gasteiger partial charge in [-0.2, -0.15) is 0 Å². The summed E-state index contributed by atoms with van der Waals surface area (Å²) < 4.78 is 6.99. The van der Waals surface area contributed by atoms with Crippen molar-refractivity contribution in [3.05, 3.63) is 33.2 Å². The second kappa shape index (κ2) is 6.16. The second-order valence-electron chi connectivity index (χ2n) is 4.86. The molecule has 0 bridgehead atoms. The first kappa shape index (κ1) is 13.3. The Balaban J connectivity index is 2.37. The van der Waals surface area contributed by atoms with E-state index in [1.165, 1.54) is 24.1 Å². The maximum absolute atomic E-state index is 12.3. The van der Waals surface area contributed by atoms with Crippen molar-refractivity contribution in [1.82, 2.24) is 4.57 Å². The normalized spacial score (nSPS) is 14.6. The summed E-state index contributed by atoms with van der Waals surface area (Å²) >= 11 is 0. The molecule has 2 N–H and O–H groups in total. The Morgan fingerprint density at radius 1 is 1.39 bits per heavy atom. The lowest BCUT2D eigenvalue weighted by Gasteiger charge is -2.22. The SMILES string of the molecule is COCCCn1c2c(cc(CN)c1=O)CCCC2. The van der Waals surface area contributed by atoms with Crippen molar-refractivity contribution in [3.63, 3.8) is 0 Å². The summed E-state index contributed by atoms with van der Waals surface area (Å²) in [7, 11) is 1.69. The Labute approximate surface area is 108 Å². The van der Waals surface area contributed by atoms with E-state index >= 15 is 0 Å². The lowest BCUT2D eigenvalue weighted by Crippen LogP contribution is -2.31. The van der Waals surface area contributed by atoms with Crippen LogP contribution in [0.5, 0.6) is 0 Å². The van der Waals surface area contributed by atoms with Gasteiger partial charge in [0.25, 0.3) is 5.56 Å². The fourth-order valence-electron chi connectivity index (χ4n) is 2.69. The predicted molar refractivity (Wildman–Crippen MR) is 71.7 cm³/mol. The molecule has 100 valence electrons. The molecule has 0 radical (unpaired) electrons. The zero-order chi connectivity index (χ0) is 13.0. The van der Waals surface area contributed by atoms with Crippen LogP contribution in [0.4, 0.5) is 0 Å². The van der Waals surface area contributed by atoms with Crippen molar-refractivity contribution in [2.45, 2.75) is 45.2 Å². The lowest BCUT2D eigenvalue weighted by molar-refractivity contribution is 0.189. The summed E-state index contributed by atoms with van der Waals surface area (Å²) in [5.41, 5.74) is 9.05. The molecular weight excluding hydrogens is 228 g/mol. The minimum Gasteiger partial charge on any atom is -0.385 e. The van der Waals surface area contributed by atoms with Gasteiger partial charge in [0.2, 0.25) is 0 Å². The molecule has 0 saturated heterocycles. The zero-order valence-electron chi connectivity index (χ0n) is 11.1. The highest BCUT2D eigenvalue weighted by Crippen LogP contribution is 2.20. The highest BCUT2D eigenvalue weighted by molar-refractivity contribution is 5.29. The summed E-state index contributed by atoms with van der Waals surface area (Å²) in [6, 6.07) is 2.02. The predicted octanol–water partition coefficient (Wildman–Crippen LogP) is 1.22. The summed E-state index contributed by atoms with van der Waals surface area (Å²) in [6.07, 6.45) is 5.36. The number of aromatic nitrogens is 1. The molecule has 18 heavy (non-hydrogen) atoms. The molecule has 0 saturated carbocycles. The Morgan fingerprint density at radius 2 is 2.17 bits per heavy atom. The number of nitrogens with zero attached hydrogens (tertiary/aromatic N) is 1. The van der Waals surface area contributed by atoms with Crippen molar-refractivity contribution in [1.29, 1.82) is 0 Å². The smallest absolute Gasteiger partial charge is 0.255 e. The van der Waals surface area contributed by atoms with Crippen LogP contribution in [-0.4, -0.2) is 18.3 Å². The standard InChI is InChI=1S/C14H22N2O2/c1-18-8-4-7-16-13-6-3-2-5-11(13)9-12(10-15)14(16)17/h9H,2-8,10,15H2,1H3. The quantitative estimate of drug-likeness (QED) is 0.799. The van der Waals surface area contributed by atoms with Crippen LogP contribution >= 0.6 is 0 Å². The van der Waals surface area contributed by atoms with E-state index in [1.54, 1.807) is 7.11 Å². The van der Waals surface area contributed by atoms with Gasteiger partial charge >= 0.3 is 0 Å². The average Bonchev–Trinajstić information content (AvgIpc) is 2.41. The number of pyridine rings is 1. The molecule has 1 aromatic heterocycles. The van der Waals surface area contributed by atoms with Crippen LogP contribution in [0.2, 0.25) is 0 Å². The third-order valence-electron chi connectivity index (χ3n) is 3.62. The molecule has 4 heteroatoms. The van der Waals surface area contributed by atoms with Crippen LogP contribution < -0.4 is 11.3 Å². The van der Waals surface area contributed by atoms with Gasteiger partial charge in [-0.3, -0.25) is 4.79 Å². The first-order chi connectivity index (χ1) is 8.77. The third-order valence-corrected chi connectivity index (χ3v) is 3.62. The molecule has 0 atom stereocenters. The van der Waals surface area contributed by atoms with Crippen molar-refractivity contribution in [2.75, 3.05) is 13.7 Å². The first-order valence-corrected chi connectivity index (χ1v) is 6.71. The fourth-order valence-corrected chi connectivity index (χ4v) is 2.69. The fraction of sp³-hybridized carbons (Fsp3) is 0.643. The number of rotatable bonds is 5. The molecule has 0 spiro atoms. The van der Waals surface area contributed by atoms with E-state index in [1.807, 2.05) is 10.6 Å². The van der Waals surface area contributed by atoms with Gasteiger partial charge in [-0.1, -0.05) is 0 Å². The molecule has 1 aliphatic rings. The van der Waals surface area contributed by atoms with E-state index in [2.05, 4.69) is 0 Å². The molecule has 1 heterocycles. The largest absolute Gasteiger partial charge is 0.385 e. The van der Waals surface area contributed by atoms with Crippen molar-refractivity contribution < 1.29 is 4.74 Å². The van der Waals surface area contributed by atoms with Crippen LogP contribution in [0, 0.1) is 0 Å². The zero-order valence-corrected chi connectivity index (χ0v) is 11.1. The van der Waals surface area contributed by atoms with Crippen LogP contribution in [0.25, 0.3) is 0 Å². The van der Waals surface area contributed by atoms with Gasteiger partial charge in [0.05, 0.1) is 0 Å². The van der Waals surface area contributed by atoms with Crippen molar-refractivity contribution >= 4 is 0 Å². The van der Waals surface area contributed by atoms with Crippen molar-refractivity contribution in [3.8, 4) is 0 Å². The molecule has 0 aliphatic heterocycles. The summed E-state index contributed by atoms with van der Waals surface area (Å²) in [6.45, 7) is 1.76. The van der Waals surface area contributed by atoms with Gasteiger partial charge in [-0.05, 0) is 43.7 Å². The van der Waals surface area contributed by atoms with Crippen LogP contribution in [0.1, 0.15) is 36.1 Å². The summed E-state index contributed by atoms with van der Waals surface area (Å²) in [5.74, 6) is 0. The van der Waals surface area contributed by atoms with Crippen LogP contribution in [0.15, 0.2) is 10.9 Å². The molecular formula is C14H22N2O2. The topological polar surface area (TPSA) is 57.2 Å². The van der Waals surface area contributed by atoms with Gasteiger partial charge in [-0.25, -0.2) is 0 Å². The van der Waals surface area contributed by atoms with Gasteiger partial charge in [-0.15, -0.1) is 0 Å². The molecule has 4 nitrogen and oxygen atoms in total. The van der Waals surface area contributed by atoms with Gasteiger partial charge in [0.15, 0.2) is 0 Å². The lowest BCUT2D eigenvalue weighted by atomic mass is 9.94. The molecule has 2 rings (SSSR count). The summed E-state index contributed by atoms with van der Waals surface area (Å²) in [4.78, 5) is 12.3. The monoisotopic (exact) mass is 250 g/mol. The van der Waals surface area contributed by atoms with E-state index in [4.69, 9.17) is 10.5 Å². The van der Waals surface area contributed by atoms with E-state index in [-0.39, 0.29) is 5.56 Å². The van der Waals surface area contributed by atoms with Gasteiger partial charge in [0, 0.05) is 38.1 Å². The van der Waals surface area contributed by atoms with Gasteiger partial charge in [0.1, 0.15) is 0 Å². The summed E-state index contributed by atoms with van der Waals surface area (Å²) in [5, 5.41) is 0. The van der Waals surface area contributed by atoms with Crippen molar-refractivity contribution in [2.24, 2.45) is 5.73 Å². The minimum absolute atomic E-state index is 0.0919. The number of aryl methyl sites for hydroxylation is 1. The Kier molecular flexibility index (Phi) is 4.55. The molecule has 0 fully saturated rings. The molecule has 0 aromatic carbocycles. The number of methoxy groups -OCH3 is 1. The highest BCUT2D eigenvalue weighted by atomic mass is 16.5. The Hall–Kier alpha value is -1.13. The number of fused-ring (bicyclic) bond motifs is 1. The second-order valence-corrected chi connectivity index (χ2v) is 4.86. The number of nitrogens with two attached hydrogens (primary N) is 1. The minimum atomic E-state index is 0.0919. The Bertz CT molecular complexity index is 466. The molecule has 1 aromatic rings. The van der Waals surface area contributed by atoms with Gasteiger partial charge < -0.3 is 15.0 Å². The molecule has 0 unspecified atom stereocenters. The number of hydrogen-bond donors (Lipinski definition) is 1. The average molecular weight is 250 g/mol. The molecule has 0 amide bonds. The number of hydrogen-bond acceptors (Lipinski definition) is 3.